The first-order chi connectivity index (χ1) is 18.4. The van der Waals surface area contributed by atoms with E-state index in [1.807, 2.05) is 17.0 Å². The highest BCUT2D eigenvalue weighted by molar-refractivity contribution is 5.92. The average molecular weight is 527 g/mol. The summed E-state index contributed by atoms with van der Waals surface area (Å²) in [6.45, 7) is 9.25. The first-order valence-corrected chi connectivity index (χ1v) is 15.2. The minimum absolute atomic E-state index is 0.0757. The van der Waals surface area contributed by atoms with Crippen molar-refractivity contribution < 1.29 is 14.7 Å². The Morgan fingerprint density at radius 1 is 1.03 bits per heavy atom. The molecule has 2 aliphatic heterocycles. The van der Waals surface area contributed by atoms with Crippen LogP contribution in [0.15, 0.2) is 24.3 Å². The molecule has 2 saturated heterocycles. The third-order valence-electron chi connectivity index (χ3n) is 9.57. The predicted octanol–water partition coefficient (Wildman–Crippen LogP) is 4.00. The smallest absolute Gasteiger partial charge is 0.251 e. The number of aliphatic hydroxyl groups excluding tert-OH is 1. The van der Waals surface area contributed by atoms with E-state index < -0.39 is 6.10 Å². The second-order valence-electron chi connectivity index (χ2n) is 11.9. The minimum Gasteiger partial charge on any atom is -0.383 e. The quantitative estimate of drug-likeness (QED) is 0.406. The van der Waals surface area contributed by atoms with Crippen molar-refractivity contribution in [2.75, 3.05) is 39.3 Å². The first-order valence-electron chi connectivity index (χ1n) is 15.2. The maximum atomic E-state index is 13.5. The molecule has 2 heterocycles. The normalized spacial score (nSPS) is 25.0. The summed E-state index contributed by atoms with van der Waals surface area (Å²) in [7, 11) is 0. The molecule has 1 aromatic rings. The Labute approximate surface area is 229 Å². The van der Waals surface area contributed by atoms with Gasteiger partial charge in [-0.25, -0.2) is 0 Å². The van der Waals surface area contributed by atoms with E-state index in [1.165, 1.54) is 50.5 Å². The maximum Gasteiger partial charge on any atom is 0.251 e. The van der Waals surface area contributed by atoms with E-state index >= 15 is 0 Å². The van der Waals surface area contributed by atoms with Gasteiger partial charge in [0, 0.05) is 43.8 Å². The Hall–Kier alpha value is -1.96. The van der Waals surface area contributed by atoms with Crippen molar-refractivity contribution in [3.8, 4) is 0 Å². The molecule has 3 aliphatic rings. The number of hydrogen-bond donors (Lipinski definition) is 2. The van der Waals surface area contributed by atoms with Gasteiger partial charge in [-0.15, -0.1) is 0 Å². The first kappa shape index (κ1) is 29.0. The number of carbonyl (C=O) groups excluding carboxylic acids is 2. The lowest BCUT2D eigenvalue weighted by Gasteiger charge is -2.41. The number of rotatable bonds is 13. The number of hydrogen-bond acceptors (Lipinski definition) is 5. The molecular formula is C31H50N4O3. The highest BCUT2D eigenvalue weighted by Crippen LogP contribution is 2.43. The molecule has 2 amide bonds. The topological polar surface area (TPSA) is 90.1 Å². The van der Waals surface area contributed by atoms with Crippen LogP contribution in [0.5, 0.6) is 0 Å². The molecule has 2 bridgehead atoms. The van der Waals surface area contributed by atoms with Crippen LogP contribution in [0.3, 0.4) is 0 Å². The molecule has 38 heavy (non-hydrogen) atoms. The van der Waals surface area contributed by atoms with Gasteiger partial charge in [0.05, 0.1) is 0 Å². The van der Waals surface area contributed by atoms with Crippen molar-refractivity contribution >= 4 is 11.8 Å². The number of nitrogens with two attached hydrogens (primary N) is 1. The van der Waals surface area contributed by atoms with E-state index in [0.29, 0.717) is 42.4 Å². The van der Waals surface area contributed by atoms with E-state index in [4.69, 9.17) is 5.73 Å². The van der Waals surface area contributed by atoms with Crippen LogP contribution in [-0.2, 0) is 4.79 Å². The second-order valence-corrected chi connectivity index (χ2v) is 11.9. The zero-order chi connectivity index (χ0) is 27.1. The Kier molecular flexibility index (Phi) is 10.6. The zero-order valence-corrected chi connectivity index (χ0v) is 23.7. The summed E-state index contributed by atoms with van der Waals surface area (Å²) in [5, 5.41) is 10.9. The summed E-state index contributed by atoms with van der Waals surface area (Å²) in [5.41, 5.74) is 7.35. The van der Waals surface area contributed by atoms with Crippen LogP contribution in [0.1, 0.15) is 99.9 Å². The summed E-state index contributed by atoms with van der Waals surface area (Å²) in [6, 6.07) is 8.88. The van der Waals surface area contributed by atoms with Crippen LogP contribution in [0.2, 0.25) is 0 Å². The Bertz CT molecular complexity index is 900. The van der Waals surface area contributed by atoms with Crippen molar-refractivity contribution in [1.82, 2.24) is 14.7 Å². The molecule has 3 N–H and O–H groups in total. The van der Waals surface area contributed by atoms with Crippen molar-refractivity contribution in [3.05, 3.63) is 35.4 Å². The molecule has 4 atom stereocenters. The summed E-state index contributed by atoms with van der Waals surface area (Å²) in [4.78, 5) is 32.1. The lowest BCUT2D eigenvalue weighted by molar-refractivity contribution is -0.142. The van der Waals surface area contributed by atoms with Crippen molar-refractivity contribution in [2.24, 2.45) is 11.7 Å². The molecule has 1 aliphatic carbocycles. The number of nitrogens with zero attached hydrogens (tertiary/aromatic N) is 3. The number of primary amides is 1. The molecule has 0 spiro atoms. The minimum atomic E-state index is -0.917. The number of carbonyl (C=O) groups is 2. The van der Waals surface area contributed by atoms with Gasteiger partial charge in [-0.3, -0.25) is 14.5 Å². The number of benzene rings is 1. The highest BCUT2D eigenvalue weighted by atomic mass is 16.3. The van der Waals surface area contributed by atoms with Crippen LogP contribution >= 0.6 is 0 Å². The van der Waals surface area contributed by atoms with Crippen LogP contribution in [0, 0.1) is 5.92 Å². The summed E-state index contributed by atoms with van der Waals surface area (Å²) < 4.78 is 0. The van der Waals surface area contributed by atoms with Crippen LogP contribution < -0.4 is 5.73 Å². The number of aliphatic hydroxyl groups is 1. The monoisotopic (exact) mass is 526 g/mol. The summed E-state index contributed by atoms with van der Waals surface area (Å²) in [6.07, 6.45) is 10.3. The molecule has 4 rings (SSSR count). The third-order valence-corrected chi connectivity index (χ3v) is 9.57. The van der Waals surface area contributed by atoms with Crippen LogP contribution in [-0.4, -0.2) is 89.1 Å². The van der Waals surface area contributed by atoms with Crippen molar-refractivity contribution in [2.45, 2.75) is 102 Å². The van der Waals surface area contributed by atoms with E-state index in [1.54, 1.807) is 6.07 Å². The fourth-order valence-electron chi connectivity index (χ4n) is 7.25. The van der Waals surface area contributed by atoms with Crippen molar-refractivity contribution in [3.63, 3.8) is 0 Å². The lowest BCUT2D eigenvalue weighted by atomic mass is 9.84. The van der Waals surface area contributed by atoms with E-state index in [-0.39, 0.29) is 11.8 Å². The molecule has 7 heteroatoms. The largest absolute Gasteiger partial charge is 0.383 e. The van der Waals surface area contributed by atoms with E-state index in [2.05, 4.69) is 29.7 Å². The standard InChI is InChI=1S/C31H50N4O3/c1-3-33(4-2)16-15-29(36)31(38)34(22-23-9-6-5-7-10-23)17-18-35-27-13-14-28(35)21-26(20-27)24-11-8-12-25(19-24)30(32)37/h8,11-12,19,23,26-29,36H,3-7,9-10,13-18,20-22H2,1-2H3,(H2,32,37)/t26?,27-,28+,29-/m0/s1. The molecule has 1 unspecified atom stereocenters. The predicted molar refractivity (Wildman–Crippen MR) is 152 cm³/mol. The van der Waals surface area contributed by atoms with Crippen LogP contribution in [0.25, 0.3) is 0 Å². The Morgan fingerprint density at radius 3 is 2.34 bits per heavy atom. The van der Waals surface area contributed by atoms with Gasteiger partial charge in [-0.2, -0.15) is 0 Å². The Morgan fingerprint density at radius 2 is 1.71 bits per heavy atom. The molecule has 1 saturated carbocycles. The number of piperidine rings is 1. The highest BCUT2D eigenvalue weighted by Gasteiger charge is 2.41. The fraction of sp³-hybridized carbons (Fsp3) is 0.742. The van der Waals surface area contributed by atoms with Gasteiger partial charge in [0.2, 0.25) is 5.91 Å². The number of amides is 2. The van der Waals surface area contributed by atoms with Gasteiger partial charge in [0.25, 0.3) is 5.91 Å². The van der Waals surface area contributed by atoms with Gasteiger partial charge in [0.1, 0.15) is 6.10 Å². The zero-order valence-electron chi connectivity index (χ0n) is 23.7. The van der Waals surface area contributed by atoms with Gasteiger partial charge >= 0.3 is 0 Å². The molecule has 7 nitrogen and oxygen atoms in total. The summed E-state index contributed by atoms with van der Waals surface area (Å²) in [5.74, 6) is 0.565. The molecule has 0 aromatic heterocycles. The summed E-state index contributed by atoms with van der Waals surface area (Å²) >= 11 is 0. The average Bonchev–Trinajstić information content (AvgIpc) is 3.17. The Balaban J connectivity index is 1.37. The SMILES string of the molecule is CCN(CC)CC[C@H](O)C(=O)N(CCN1[C@@H]2CC[C@H]1CC(c1cccc(C(N)=O)c1)C2)CC1CCCCC1. The van der Waals surface area contributed by atoms with E-state index in [0.717, 1.165) is 45.6 Å². The van der Waals surface area contributed by atoms with Gasteiger partial charge in [-0.1, -0.05) is 45.2 Å². The van der Waals surface area contributed by atoms with Gasteiger partial charge < -0.3 is 20.6 Å². The fourth-order valence-corrected chi connectivity index (χ4v) is 7.25. The lowest BCUT2D eigenvalue weighted by Crippen LogP contribution is -2.50. The van der Waals surface area contributed by atoms with Crippen molar-refractivity contribution in [1.29, 1.82) is 0 Å². The van der Waals surface area contributed by atoms with E-state index in [9.17, 15) is 14.7 Å². The molecule has 0 radical (unpaired) electrons. The number of fused-ring (bicyclic) bond motifs is 2. The molecule has 3 fully saturated rings. The van der Waals surface area contributed by atoms with Gasteiger partial charge in [-0.05, 0) is 87.6 Å². The third kappa shape index (κ3) is 7.36. The molecule has 212 valence electrons. The second kappa shape index (κ2) is 13.9. The van der Waals surface area contributed by atoms with Gasteiger partial charge in [0.15, 0.2) is 0 Å². The maximum absolute atomic E-state index is 13.5. The molecule has 1 aromatic carbocycles. The van der Waals surface area contributed by atoms with Crippen LogP contribution in [0.4, 0.5) is 0 Å². The molecular weight excluding hydrogens is 476 g/mol.